The van der Waals surface area contributed by atoms with Crippen LogP contribution >= 0.6 is 22.9 Å². The number of benzene rings is 1. The number of methoxy groups -OCH3 is 1. The molecule has 0 bridgehead atoms. The Kier molecular flexibility index (Phi) is 7.27. The second kappa shape index (κ2) is 10.9. The van der Waals surface area contributed by atoms with Crippen LogP contribution < -0.4 is 15.6 Å². The van der Waals surface area contributed by atoms with E-state index < -0.39 is 17.3 Å². The Bertz CT molecular complexity index is 1770. The lowest BCUT2D eigenvalue weighted by Crippen LogP contribution is -2.23. The number of thiophene rings is 1. The number of nitriles is 1. The maximum absolute atomic E-state index is 16.2. The topological polar surface area (TPSA) is 128 Å². The van der Waals surface area contributed by atoms with Crippen LogP contribution in [-0.2, 0) is 13.1 Å². The molecule has 0 aliphatic rings. The van der Waals surface area contributed by atoms with Crippen LogP contribution in [0, 0.1) is 17.1 Å². The smallest absolute Gasteiger partial charge is 0.283 e. The first-order valence-electron chi connectivity index (χ1n) is 11.4. The average molecular weight is 565 g/mol. The summed E-state index contributed by atoms with van der Waals surface area (Å²) in [5.74, 6) is -1.34. The molecule has 0 aliphatic heterocycles. The van der Waals surface area contributed by atoms with Crippen LogP contribution in [0.15, 0.2) is 70.3 Å². The van der Waals surface area contributed by atoms with Gasteiger partial charge in [0.1, 0.15) is 23.3 Å². The van der Waals surface area contributed by atoms with Crippen molar-refractivity contribution in [2.24, 2.45) is 0 Å². The fourth-order valence-corrected chi connectivity index (χ4v) is 4.99. The Hall–Kier alpha value is -4.73. The highest BCUT2D eigenvalue weighted by Crippen LogP contribution is 2.32. The molecule has 0 fully saturated rings. The Morgan fingerprint density at radius 1 is 1.26 bits per heavy atom. The third kappa shape index (κ3) is 5.05. The first-order valence-corrected chi connectivity index (χ1v) is 12.6. The molecular weight excluding hydrogens is 547 g/mol. The summed E-state index contributed by atoms with van der Waals surface area (Å²) < 4.78 is 29.4. The molecule has 0 radical (unpaired) electrons. The summed E-state index contributed by atoms with van der Waals surface area (Å²) >= 11 is 7.32. The minimum atomic E-state index is -0.936. The van der Waals surface area contributed by atoms with Gasteiger partial charge in [-0.05, 0) is 30.3 Å². The number of rotatable bonds is 8. The molecular formula is C26H18ClFN6O4S. The predicted octanol–water partition coefficient (Wildman–Crippen LogP) is 4.78. The van der Waals surface area contributed by atoms with Crippen molar-refractivity contribution in [3.05, 3.63) is 103 Å². The van der Waals surface area contributed by atoms with Crippen LogP contribution in [0.1, 0.15) is 26.6 Å². The number of pyridine rings is 1. The van der Waals surface area contributed by atoms with Gasteiger partial charge in [-0.3, -0.25) is 14.2 Å². The fraction of sp³-hybridized carbons (Fsp3) is 0.115. The van der Waals surface area contributed by atoms with Gasteiger partial charge in [0.05, 0.1) is 47.6 Å². The third-order valence-electron chi connectivity index (χ3n) is 5.74. The molecule has 5 rings (SSSR count). The van der Waals surface area contributed by atoms with Crippen molar-refractivity contribution >= 4 is 34.7 Å². The van der Waals surface area contributed by atoms with Gasteiger partial charge in [0, 0.05) is 10.9 Å². The highest BCUT2D eigenvalue weighted by molar-refractivity contribution is 7.16. The lowest BCUT2D eigenvalue weighted by Gasteiger charge is -2.11. The van der Waals surface area contributed by atoms with Crippen LogP contribution in [0.3, 0.4) is 0 Å². The van der Waals surface area contributed by atoms with Crippen LogP contribution in [0.25, 0.3) is 11.4 Å². The molecule has 0 aliphatic carbocycles. The summed E-state index contributed by atoms with van der Waals surface area (Å²) in [7, 11) is 1.41. The van der Waals surface area contributed by atoms with Crippen molar-refractivity contribution in [1.29, 1.82) is 5.26 Å². The number of hydrogen-bond acceptors (Lipinski definition) is 9. The van der Waals surface area contributed by atoms with Crippen LogP contribution in [0.4, 0.5) is 10.2 Å². The quantitative estimate of drug-likeness (QED) is 0.285. The maximum Gasteiger partial charge on any atom is 0.283 e. The number of carbonyl (C=O) groups is 1. The van der Waals surface area contributed by atoms with Crippen molar-refractivity contribution in [3.63, 3.8) is 0 Å². The molecule has 0 spiro atoms. The van der Waals surface area contributed by atoms with E-state index in [0.717, 1.165) is 14.1 Å². The largest absolute Gasteiger partial charge is 0.496 e. The zero-order valence-electron chi connectivity index (χ0n) is 20.2. The van der Waals surface area contributed by atoms with E-state index in [4.69, 9.17) is 20.8 Å². The second-order valence-corrected chi connectivity index (χ2v) is 9.89. The van der Waals surface area contributed by atoms with Gasteiger partial charge >= 0.3 is 0 Å². The average Bonchev–Trinajstić information content (AvgIpc) is 3.69. The van der Waals surface area contributed by atoms with Gasteiger partial charge < -0.3 is 14.5 Å². The number of oxazole rings is 1. The van der Waals surface area contributed by atoms with E-state index in [1.807, 2.05) is 6.07 Å². The van der Waals surface area contributed by atoms with E-state index in [2.05, 4.69) is 15.4 Å². The fourth-order valence-electron chi connectivity index (χ4n) is 3.96. The van der Waals surface area contributed by atoms with Crippen LogP contribution in [-0.4, -0.2) is 32.3 Å². The first kappa shape index (κ1) is 25.9. The van der Waals surface area contributed by atoms with Crippen molar-refractivity contribution < 1.29 is 18.3 Å². The molecule has 1 aromatic carbocycles. The Balaban J connectivity index is 1.70. The zero-order valence-corrected chi connectivity index (χ0v) is 21.8. The molecule has 1 N–H and O–H groups in total. The summed E-state index contributed by atoms with van der Waals surface area (Å²) in [6, 6.07) is 14.3. The molecule has 0 saturated carbocycles. The number of halogens is 2. The Morgan fingerprint density at radius 2 is 2.08 bits per heavy atom. The molecule has 0 atom stereocenters. The minimum absolute atomic E-state index is 0.0287. The van der Waals surface area contributed by atoms with E-state index in [-0.39, 0.29) is 47.2 Å². The zero-order chi connectivity index (χ0) is 27.5. The number of aromatic nitrogens is 4. The number of ether oxygens (including phenoxy) is 1. The second-order valence-electron chi connectivity index (χ2n) is 8.09. The summed E-state index contributed by atoms with van der Waals surface area (Å²) in [6.07, 6.45) is 2.59. The number of anilines is 1. The van der Waals surface area contributed by atoms with Gasteiger partial charge in [0.2, 0.25) is 0 Å². The molecule has 0 saturated heterocycles. The van der Waals surface area contributed by atoms with Crippen molar-refractivity contribution in [1.82, 2.24) is 19.3 Å². The molecule has 0 unspecified atom stereocenters. The lowest BCUT2D eigenvalue weighted by molar-refractivity contribution is 0.0944. The van der Waals surface area contributed by atoms with Gasteiger partial charge in [-0.25, -0.2) is 9.37 Å². The number of nitrogens with zero attached hydrogens (tertiary/aromatic N) is 5. The standard InChI is InChI=1S/C26H18ClFN6O4S/c1-37-19-5-3-2-4-18(19)26(36)34-25(31-12-17-7-8-20(27)39-17)22(28)23(32-34)24-15(10-29)6-9-21(35)33(24)13-16-11-30-14-38-16/h2-9,11,14,31H,12-13H2,1H3. The van der Waals surface area contributed by atoms with Gasteiger partial charge in [-0.1, -0.05) is 23.7 Å². The van der Waals surface area contributed by atoms with Crippen LogP contribution in [0.5, 0.6) is 5.75 Å². The number of nitrogens with one attached hydrogen (secondary N) is 1. The first-order chi connectivity index (χ1) is 18.9. The highest BCUT2D eigenvalue weighted by atomic mass is 35.5. The Labute approximate surface area is 229 Å². The van der Waals surface area contributed by atoms with E-state index in [1.54, 1.807) is 30.3 Å². The van der Waals surface area contributed by atoms with Crippen molar-refractivity contribution in [3.8, 4) is 23.2 Å². The van der Waals surface area contributed by atoms with Gasteiger partial charge in [0.25, 0.3) is 11.5 Å². The number of hydrogen-bond donors (Lipinski definition) is 1. The molecule has 0 amide bonds. The molecule has 4 heterocycles. The van der Waals surface area contributed by atoms with Crippen LogP contribution in [0.2, 0.25) is 4.34 Å². The summed E-state index contributed by atoms with van der Waals surface area (Å²) in [4.78, 5) is 31.2. The monoisotopic (exact) mass is 564 g/mol. The molecule has 5 aromatic rings. The molecule has 4 aromatic heterocycles. The lowest BCUT2D eigenvalue weighted by atomic mass is 10.1. The van der Waals surface area contributed by atoms with Gasteiger partial charge in [-0.15, -0.1) is 11.3 Å². The third-order valence-corrected chi connectivity index (χ3v) is 6.97. The summed E-state index contributed by atoms with van der Waals surface area (Å²) in [6.45, 7) is -0.0176. The van der Waals surface area contributed by atoms with E-state index in [9.17, 15) is 14.9 Å². The van der Waals surface area contributed by atoms with Crippen molar-refractivity contribution in [2.75, 3.05) is 12.4 Å². The predicted molar refractivity (Wildman–Crippen MR) is 142 cm³/mol. The maximum atomic E-state index is 16.2. The molecule has 39 heavy (non-hydrogen) atoms. The molecule has 10 nitrogen and oxygen atoms in total. The SMILES string of the molecule is COc1ccccc1C(=O)n1nc(-c2c(C#N)ccc(=O)n2Cc2cnco2)c(F)c1NCc1ccc(Cl)s1. The summed E-state index contributed by atoms with van der Waals surface area (Å²) in [5, 5.41) is 17.0. The highest BCUT2D eigenvalue weighted by Gasteiger charge is 2.29. The van der Waals surface area contributed by atoms with Gasteiger partial charge in [-0.2, -0.15) is 15.0 Å². The normalized spacial score (nSPS) is 10.8. The van der Waals surface area contributed by atoms with E-state index in [0.29, 0.717) is 10.1 Å². The van der Waals surface area contributed by atoms with E-state index in [1.165, 1.54) is 49.2 Å². The van der Waals surface area contributed by atoms with E-state index >= 15 is 4.39 Å². The molecule has 196 valence electrons. The molecule has 13 heteroatoms. The van der Waals surface area contributed by atoms with Crippen molar-refractivity contribution in [2.45, 2.75) is 13.1 Å². The van der Waals surface area contributed by atoms with Gasteiger partial charge in [0.15, 0.2) is 18.0 Å². The summed E-state index contributed by atoms with van der Waals surface area (Å²) in [5.41, 5.74) is -0.928. The number of para-hydroxylation sites is 1. The Morgan fingerprint density at radius 3 is 2.77 bits per heavy atom. The number of carbonyl (C=O) groups excluding carboxylic acids is 1. The minimum Gasteiger partial charge on any atom is -0.496 e.